The van der Waals surface area contributed by atoms with Crippen molar-refractivity contribution >= 4 is 18.4 Å². The van der Waals surface area contributed by atoms with Crippen LogP contribution < -0.4 is 0 Å². The minimum absolute atomic E-state index is 0.250. The lowest BCUT2D eigenvalue weighted by atomic mass is 10.5. The highest BCUT2D eigenvalue weighted by atomic mass is 15.1. The van der Waals surface area contributed by atoms with Gasteiger partial charge in [0.05, 0.1) is 18.3 Å². The smallest absolute Gasteiger partial charge is 0.117 e. The zero-order valence-corrected chi connectivity index (χ0v) is 8.41. The van der Waals surface area contributed by atoms with E-state index in [1.807, 2.05) is 18.9 Å². The molecule has 0 unspecified atom stereocenters. The van der Waals surface area contributed by atoms with Gasteiger partial charge in [-0.15, -0.1) is 0 Å². The maximum Gasteiger partial charge on any atom is 0.117 e. The van der Waals surface area contributed by atoms with E-state index in [0.717, 1.165) is 6.54 Å². The molecule has 1 N–H and O–H groups in total. The van der Waals surface area contributed by atoms with Gasteiger partial charge in [-0.05, 0) is 13.8 Å². The van der Waals surface area contributed by atoms with Crippen molar-refractivity contribution in [2.75, 3.05) is 13.6 Å². The molecule has 4 nitrogen and oxygen atoms in total. The van der Waals surface area contributed by atoms with Gasteiger partial charge < -0.3 is 4.90 Å². The molecule has 0 fully saturated rings. The average molecular weight is 180 g/mol. The fourth-order valence-corrected chi connectivity index (χ4v) is 0.459. The number of allylic oxidation sites excluding steroid dienone is 1. The van der Waals surface area contributed by atoms with Gasteiger partial charge in [0.2, 0.25) is 0 Å². The van der Waals surface area contributed by atoms with Crippen LogP contribution in [0.15, 0.2) is 22.3 Å². The first-order valence-electron chi connectivity index (χ1n) is 4.08. The van der Waals surface area contributed by atoms with Crippen molar-refractivity contribution in [3.63, 3.8) is 0 Å². The maximum absolute atomic E-state index is 7.04. The van der Waals surface area contributed by atoms with Gasteiger partial charge in [-0.1, -0.05) is 6.58 Å². The zero-order valence-electron chi connectivity index (χ0n) is 8.41. The van der Waals surface area contributed by atoms with E-state index in [2.05, 4.69) is 16.6 Å². The Labute approximate surface area is 79.2 Å². The Balaban J connectivity index is 4.01. The van der Waals surface area contributed by atoms with Crippen LogP contribution in [0.5, 0.6) is 0 Å². The number of nitrogens with one attached hydrogen (secondary N) is 1. The van der Waals surface area contributed by atoms with Crippen molar-refractivity contribution in [3.8, 4) is 0 Å². The average Bonchev–Trinajstić information content (AvgIpc) is 2.10. The van der Waals surface area contributed by atoms with E-state index < -0.39 is 0 Å². The van der Waals surface area contributed by atoms with Gasteiger partial charge in [0.1, 0.15) is 5.84 Å². The van der Waals surface area contributed by atoms with Crippen molar-refractivity contribution in [2.24, 2.45) is 9.98 Å². The summed E-state index contributed by atoms with van der Waals surface area (Å²) < 4.78 is 0. The van der Waals surface area contributed by atoms with Crippen molar-refractivity contribution in [1.82, 2.24) is 4.90 Å². The molecule has 0 radical (unpaired) electrons. The summed E-state index contributed by atoms with van der Waals surface area (Å²) in [6, 6.07) is 0. The first-order chi connectivity index (χ1) is 6.06. The standard InChI is InChI=1S/C9H16N4/c1-5-13(4)7-12-8(2)6-11-9(3)10/h6-7,10H,2,5H2,1,3-4H3/b10-9?,11-6-,12-7-. The normalized spacial score (nSPS) is 11.0. The molecule has 0 aromatic rings. The Hall–Kier alpha value is -1.45. The van der Waals surface area contributed by atoms with Gasteiger partial charge in [0.15, 0.2) is 0 Å². The number of aliphatic imine (C=N–C) groups is 2. The molecular weight excluding hydrogens is 164 g/mol. The Kier molecular flexibility index (Phi) is 5.43. The van der Waals surface area contributed by atoms with Crippen molar-refractivity contribution in [3.05, 3.63) is 12.3 Å². The van der Waals surface area contributed by atoms with Crippen LogP contribution in [0.3, 0.4) is 0 Å². The second-order valence-electron chi connectivity index (χ2n) is 2.65. The molecule has 0 bridgehead atoms. The van der Waals surface area contributed by atoms with E-state index in [1.54, 1.807) is 13.3 Å². The number of hydrogen-bond acceptors (Lipinski definition) is 2. The minimum Gasteiger partial charge on any atom is -0.366 e. The molecule has 0 saturated heterocycles. The molecule has 72 valence electrons. The van der Waals surface area contributed by atoms with E-state index in [-0.39, 0.29) is 5.84 Å². The molecule has 4 heteroatoms. The van der Waals surface area contributed by atoms with E-state index >= 15 is 0 Å². The lowest BCUT2D eigenvalue weighted by Gasteiger charge is -2.07. The second-order valence-corrected chi connectivity index (χ2v) is 2.65. The molecule has 0 aliphatic carbocycles. The van der Waals surface area contributed by atoms with Gasteiger partial charge in [-0.2, -0.15) is 0 Å². The molecule has 0 aliphatic rings. The third-order valence-corrected chi connectivity index (χ3v) is 1.33. The van der Waals surface area contributed by atoms with Crippen molar-refractivity contribution in [1.29, 1.82) is 5.41 Å². The summed E-state index contributed by atoms with van der Waals surface area (Å²) in [5, 5.41) is 7.04. The van der Waals surface area contributed by atoms with Crippen LogP contribution in [0.25, 0.3) is 0 Å². The van der Waals surface area contributed by atoms with Crippen LogP contribution in [0, 0.1) is 5.41 Å². The fourth-order valence-electron chi connectivity index (χ4n) is 0.459. The molecular formula is C9H16N4. The second kappa shape index (κ2) is 6.11. The molecule has 0 heterocycles. The van der Waals surface area contributed by atoms with Crippen LogP contribution in [-0.2, 0) is 0 Å². The summed E-state index contributed by atoms with van der Waals surface area (Å²) in [6.07, 6.45) is 3.16. The van der Waals surface area contributed by atoms with Crippen LogP contribution in [-0.4, -0.2) is 36.9 Å². The molecule has 0 rings (SSSR count). The first kappa shape index (κ1) is 11.6. The summed E-state index contributed by atoms with van der Waals surface area (Å²) >= 11 is 0. The predicted molar refractivity (Wildman–Crippen MR) is 57.8 cm³/mol. The van der Waals surface area contributed by atoms with Gasteiger partial charge in [-0.3, -0.25) is 5.41 Å². The fraction of sp³-hybridized carbons (Fsp3) is 0.444. The largest absolute Gasteiger partial charge is 0.366 e. The topological polar surface area (TPSA) is 51.8 Å². The summed E-state index contributed by atoms with van der Waals surface area (Å²) in [7, 11) is 1.93. The quantitative estimate of drug-likeness (QED) is 0.518. The lowest BCUT2D eigenvalue weighted by Crippen LogP contribution is -2.14. The van der Waals surface area contributed by atoms with E-state index in [9.17, 15) is 0 Å². The van der Waals surface area contributed by atoms with E-state index in [1.165, 1.54) is 6.21 Å². The zero-order chi connectivity index (χ0) is 10.3. The summed E-state index contributed by atoms with van der Waals surface area (Å²) in [6.45, 7) is 8.20. The van der Waals surface area contributed by atoms with Crippen LogP contribution in [0.4, 0.5) is 0 Å². The molecule has 0 aromatic heterocycles. The number of nitrogens with zero attached hydrogens (tertiary/aromatic N) is 3. The summed E-state index contributed by atoms with van der Waals surface area (Å²) in [5.74, 6) is 0.250. The van der Waals surface area contributed by atoms with Crippen molar-refractivity contribution in [2.45, 2.75) is 13.8 Å². The Morgan fingerprint density at radius 2 is 2.15 bits per heavy atom. The predicted octanol–water partition coefficient (Wildman–Crippen LogP) is 1.55. The van der Waals surface area contributed by atoms with Crippen LogP contribution in [0.1, 0.15) is 13.8 Å². The summed E-state index contributed by atoms with van der Waals surface area (Å²) in [4.78, 5) is 9.71. The highest BCUT2D eigenvalue weighted by Gasteiger charge is 1.86. The molecule has 0 atom stereocenters. The Morgan fingerprint density at radius 1 is 1.54 bits per heavy atom. The Bertz CT molecular complexity index is 240. The lowest BCUT2D eigenvalue weighted by molar-refractivity contribution is 0.551. The number of rotatable bonds is 4. The molecule has 13 heavy (non-hydrogen) atoms. The summed E-state index contributed by atoms with van der Waals surface area (Å²) in [5.41, 5.74) is 0.548. The highest BCUT2D eigenvalue weighted by Crippen LogP contribution is 1.87. The Morgan fingerprint density at radius 3 is 2.62 bits per heavy atom. The number of amidine groups is 1. The van der Waals surface area contributed by atoms with Crippen LogP contribution in [0.2, 0.25) is 0 Å². The van der Waals surface area contributed by atoms with Gasteiger partial charge >= 0.3 is 0 Å². The SMILES string of the molecule is C=C(/C=N\C(C)=N)/N=C\N(C)CC. The van der Waals surface area contributed by atoms with Gasteiger partial charge in [0.25, 0.3) is 0 Å². The molecule has 0 aliphatic heterocycles. The monoisotopic (exact) mass is 180 g/mol. The minimum atomic E-state index is 0.250. The third-order valence-electron chi connectivity index (χ3n) is 1.33. The van der Waals surface area contributed by atoms with Gasteiger partial charge in [0, 0.05) is 13.6 Å². The first-order valence-corrected chi connectivity index (χ1v) is 4.08. The van der Waals surface area contributed by atoms with E-state index in [0.29, 0.717) is 5.70 Å². The molecule has 0 aromatic carbocycles. The molecule has 0 amide bonds. The van der Waals surface area contributed by atoms with Gasteiger partial charge in [-0.25, -0.2) is 9.98 Å². The molecule has 0 spiro atoms. The highest BCUT2D eigenvalue weighted by molar-refractivity contribution is 5.91. The van der Waals surface area contributed by atoms with Crippen molar-refractivity contribution < 1.29 is 0 Å². The number of hydrogen-bond donors (Lipinski definition) is 1. The van der Waals surface area contributed by atoms with E-state index in [4.69, 9.17) is 5.41 Å². The third kappa shape index (κ3) is 6.93. The molecule has 0 saturated carbocycles. The van der Waals surface area contributed by atoms with Crippen LogP contribution >= 0.6 is 0 Å². The maximum atomic E-state index is 7.04.